The van der Waals surface area contributed by atoms with Gasteiger partial charge in [-0.05, 0) is 48.4 Å². The van der Waals surface area contributed by atoms with Crippen molar-refractivity contribution in [2.45, 2.75) is 6.92 Å². The Kier molecular flexibility index (Phi) is 5.80. The van der Waals surface area contributed by atoms with Crippen molar-refractivity contribution in [3.63, 3.8) is 0 Å². The van der Waals surface area contributed by atoms with Crippen LogP contribution in [0.4, 0.5) is 11.4 Å². The van der Waals surface area contributed by atoms with Crippen LogP contribution >= 0.6 is 15.9 Å². The van der Waals surface area contributed by atoms with Crippen LogP contribution in [0.25, 0.3) is 6.08 Å². The number of hydrogen-bond acceptors (Lipinski definition) is 3. The molecule has 0 aliphatic carbocycles. The van der Waals surface area contributed by atoms with Crippen molar-refractivity contribution in [1.29, 1.82) is 0 Å². The number of nitrogens with one attached hydrogen (secondary N) is 2. The Morgan fingerprint density at radius 2 is 1.79 bits per heavy atom. The number of rotatable bonds is 5. The van der Waals surface area contributed by atoms with E-state index in [-0.39, 0.29) is 5.91 Å². The first-order valence-electron chi connectivity index (χ1n) is 7.06. The van der Waals surface area contributed by atoms with Gasteiger partial charge in [-0.2, -0.15) is 0 Å². The number of sulfonamides is 1. The van der Waals surface area contributed by atoms with Crippen LogP contribution < -0.4 is 10.0 Å². The van der Waals surface area contributed by atoms with E-state index in [4.69, 9.17) is 0 Å². The first-order chi connectivity index (χ1) is 11.2. The van der Waals surface area contributed by atoms with Gasteiger partial charge in [0.25, 0.3) is 0 Å². The predicted octanol–water partition coefficient (Wildman–Crippen LogP) is 3.78. The van der Waals surface area contributed by atoms with E-state index in [9.17, 15) is 13.2 Å². The van der Waals surface area contributed by atoms with Crippen LogP contribution in [0.5, 0.6) is 0 Å². The SMILES string of the molecule is Cc1ccc(Br)cc1NC(=O)C=Cc1ccc(NS(C)(=O)=O)cc1. The van der Waals surface area contributed by atoms with Crippen LogP contribution in [0.1, 0.15) is 11.1 Å². The number of aryl methyl sites for hydroxylation is 1. The van der Waals surface area contributed by atoms with Gasteiger partial charge in [0.2, 0.25) is 15.9 Å². The molecule has 0 unspecified atom stereocenters. The number of benzene rings is 2. The lowest BCUT2D eigenvalue weighted by atomic mass is 10.2. The minimum Gasteiger partial charge on any atom is -0.322 e. The van der Waals surface area contributed by atoms with E-state index in [0.29, 0.717) is 5.69 Å². The second-order valence-corrected chi connectivity index (χ2v) is 7.94. The smallest absolute Gasteiger partial charge is 0.248 e. The minimum absolute atomic E-state index is 0.241. The Balaban J connectivity index is 2.02. The zero-order valence-electron chi connectivity index (χ0n) is 13.2. The summed E-state index contributed by atoms with van der Waals surface area (Å²) in [6.07, 6.45) is 4.18. The molecule has 0 heterocycles. The predicted molar refractivity (Wildman–Crippen MR) is 101 cm³/mol. The largest absolute Gasteiger partial charge is 0.322 e. The minimum atomic E-state index is -3.29. The molecule has 0 bridgehead atoms. The molecule has 0 aliphatic rings. The average Bonchev–Trinajstić information content (AvgIpc) is 2.49. The molecule has 2 N–H and O–H groups in total. The van der Waals surface area contributed by atoms with E-state index in [1.54, 1.807) is 30.3 Å². The summed E-state index contributed by atoms with van der Waals surface area (Å²) in [5.74, 6) is -0.241. The van der Waals surface area contributed by atoms with Crippen LogP contribution in [-0.2, 0) is 14.8 Å². The summed E-state index contributed by atoms with van der Waals surface area (Å²) in [5, 5.41) is 2.82. The molecule has 0 spiro atoms. The van der Waals surface area contributed by atoms with Crippen LogP contribution in [-0.4, -0.2) is 20.6 Å². The highest BCUT2D eigenvalue weighted by atomic mass is 79.9. The van der Waals surface area contributed by atoms with E-state index in [1.807, 2.05) is 25.1 Å². The molecule has 0 saturated heterocycles. The molecule has 1 amide bonds. The average molecular weight is 409 g/mol. The third kappa shape index (κ3) is 5.82. The summed E-state index contributed by atoms with van der Waals surface area (Å²) in [5.41, 5.74) is 2.97. The molecule has 0 radical (unpaired) electrons. The first-order valence-corrected chi connectivity index (χ1v) is 9.74. The quantitative estimate of drug-likeness (QED) is 0.738. The molecule has 7 heteroatoms. The number of hydrogen-bond donors (Lipinski definition) is 2. The molecule has 0 atom stereocenters. The van der Waals surface area contributed by atoms with E-state index in [1.165, 1.54) is 6.08 Å². The van der Waals surface area contributed by atoms with E-state index < -0.39 is 10.0 Å². The third-order valence-corrected chi connectivity index (χ3v) is 4.20. The van der Waals surface area contributed by atoms with Gasteiger partial charge in [-0.1, -0.05) is 34.1 Å². The lowest BCUT2D eigenvalue weighted by Crippen LogP contribution is -2.09. The molecule has 5 nitrogen and oxygen atoms in total. The molecule has 126 valence electrons. The molecule has 0 aromatic heterocycles. The number of carbonyl (C=O) groups excluding carboxylic acids is 1. The summed E-state index contributed by atoms with van der Waals surface area (Å²) in [4.78, 5) is 12.0. The van der Waals surface area contributed by atoms with Crippen LogP contribution in [0, 0.1) is 6.92 Å². The van der Waals surface area contributed by atoms with Gasteiger partial charge in [0.1, 0.15) is 0 Å². The summed E-state index contributed by atoms with van der Waals surface area (Å²) < 4.78 is 25.6. The number of anilines is 2. The van der Waals surface area contributed by atoms with E-state index >= 15 is 0 Å². The van der Waals surface area contributed by atoms with Crippen LogP contribution in [0.15, 0.2) is 53.0 Å². The van der Waals surface area contributed by atoms with Gasteiger partial charge in [-0.25, -0.2) is 8.42 Å². The zero-order chi connectivity index (χ0) is 17.7. The molecule has 0 saturated carbocycles. The molecule has 0 aliphatic heterocycles. The summed E-state index contributed by atoms with van der Waals surface area (Å²) in [6, 6.07) is 12.4. The zero-order valence-corrected chi connectivity index (χ0v) is 15.6. The summed E-state index contributed by atoms with van der Waals surface area (Å²) in [7, 11) is -3.29. The monoisotopic (exact) mass is 408 g/mol. The normalized spacial score (nSPS) is 11.5. The second-order valence-electron chi connectivity index (χ2n) is 5.28. The van der Waals surface area contributed by atoms with Crippen LogP contribution in [0.3, 0.4) is 0 Å². The highest BCUT2D eigenvalue weighted by Crippen LogP contribution is 2.20. The van der Waals surface area contributed by atoms with Crippen molar-refractivity contribution in [3.8, 4) is 0 Å². The summed E-state index contributed by atoms with van der Waals surface area (Å²) in [6.45, 7) is 1.92. The van der Waals surface area contributed by atoms with Gasteiger partial charge >= 0.3 is 0 Å². The maximum Gasteiger partial charge on any atom is 0.248 e. The Morgan fingerprint density at radius 1 is 1.12 bits per heavy atom. The molecular formula is C17H17BrN2O3S. The number of halogens is 1. The maximum absolute atomic E-state index is 12.0. The van der Waals surface area contributed by atoms with E-state index in [0.717, 1.165) is 27.5 Å². The number of carbonyl (C=O) groups is 1. The van der Waals surface area contributed by atoms with Gasteiger partial charge in [-0.15, -0.1) is 0 Å². The molecule has 2 rings (SSSR count). The second kappa shape index (κ2) is 7.63. The number of amides is 1. The van der Waals surface area contributed by atoms with Crippen molar-refractivity contribution < 1.29 is 13.2 Å². The van der Waals surface area contributed by atoms with Crippen molar-refractivity contribution >= 4 is 49.3 Å². The van der Waals surface area contributed by atoms with Crippen LogP contribution in [0.2, 0.25) is 0 Å². The van der Waals surface area contributed by atoms with Gasteiger partial charge in [0.15, 0.2) is 0 Å². The maximum atomic E-state index is 12.0. The van der Waals surface area contributed by atoms with Gasteiger partial charge in [-0.3, -0.25) is 9.52 Å². The Hall–Kier alpha value is -2.12. The van der Waals surface area contributed by atoms with Crippen molar-refractivity contribution in [1.82, 2.24) is 0 Å². The molecule has 2 aromatic carbocycles. The van der Waals surface area contributed by atoms with Crippen molar-refractivity contribution in [2.24, 2.45) is 0 Å². The van der Waals surface area contributed by atoms with Crippen molar-refractivity contribution in [3.05, 3.63) is 64.1 Å². The fourth-order valence-electron chi connectivity index (χ4n) is 1.95. The highest BCUT2D eigenvalue weighted by molar-refractivity contribution is 9.10. The Morgan fingerprint density at radius 3 is 2.42 bits per heavy atom. The summed E-state index contributed by atoms with van der Waals surface area (Å²) >= 11 is 3.37. The molecule has 2 aromatic rings. The first kappa shape index (κ1) is 18.2. The fraction of sp³-hybridized carbons (Fsp3) is 0.118. The highest BCUT2D eigenvalue weighted by Gasteiger charge is 2.03. The topological polar surface area (TPSA) is 75.3 Å². The van der Waals surface area contributed by atoms with Gasteiger partial charge < -0.3 is 5.32 Å². The van der Waals surface area contributed by atoms with Gasteiger partial charge in [0, 0.05) is 21.9 Å². The van der Waals surface area contributed by atoms with E-state index in [2.05, 4.69) is 26.0 Å². The van der Waals surface area contributed by atoms with Gasteiger partial charge in [0.05, 0.1) is 6.26 Å². The Labute approximate surface area is 150 Å². The Bertz CT molecular complexity index is 875. The van der Waals surface area contributed by atoms with Crippen molar-refractivity contribution in [2.75, 3.05) is 16.3 Å². The lowest BCUT2D eigenvalue weighted by molar-refractivity contribution is -0.111. The fourth-order valence-corrected chi connectivity index (χ4v) is 2.88. The molecule has 24 heavy (non-hydrogen) atoms. The third-order valence-electron chi connectivity index (χ3n) is 3.10. The lowest BCUT2D eigenvalue weighted by Gasteiger charge is -2.06. The molecule has 0 fully saturated rings. The molecular weight excluding hydrogens is 392 g/mol. The standard InChI is InChI=1S/C17H17BrN2O3S/c1-12-3-7-14(18)11-16(12)19-17(21)10-6-13-4-8-15(9-5-13)20-24(2,22)23/h3-11,20H,1-2H3,(H,19,21).